The van der Waals surface area contributed by atoms with Crippen LogP contribution < -0.4 is 0 Å². The van der Waals surface area contributed by atoms with Gasteiger partial charge in [0.25, 0.3) is 0 Å². The summed E-state index contributed by atoms with van der Waals surface area (Å²) < 4.78 is 0. The van der Waals surface area contributed by atoms with Gasteiger partial charge in [0.2, 0.25) is 0 Å². The Hall–Kier alpha value is -1.06. The number of benzene rings is 1. The van der Waals surface area contributed by atoms with Crippen molar-refractivity contribution in [2.24, 2.45) is 0 Å². The molecule has 70 valence electrons. The number of hydrogen-bond acceptors (Lipinski definition) is 3. The Morgan fingerprint density at radius 3 is 2.57 bits per heavy atom. The Balaban J connectivity index is 2.19. The molecule has 0 saturated heterocycles. The summed E-state index contributed by atoms with van der Waals surface area (Å²) in [5.41, 5.74) is 0. The molecule has 0 bridgehead atoms. The molecule has 0 aliphatic carbocycles. The van der Waals surface area contributed by atoms with Crippen LogP contribution in [0.3, 0.4) is 0 Å². The summed E-state index contributed by atoms with van der Waals surface area (Å²) in [5.74, 6) is 0. The Labute approximate surface area is 91.4 Å². The summed E-state index contributed by atoms with van der Waals surface area (Å²) in [5, 5.41) is 1.14. The highest BCUT2D eigenvalue weighted by molar-refractivity contribution is 7.99. The number of halogens is 1. The van der Waals surface area contributed by atoms with Gasteiger partial charge in [0.05, 0.1) is 0 Å². The second kappa shape index (κ2) is 4.44. The first kappa shape index (κ1) is 9.49. The van der Waals surface area contributed by atoms with Gasteiger partial charge < -0.3 is 0 Å². The molecule has 2 rings (SSSR count). The van der Waals surface area contributed by atoms with E-state index in [-0.39, 0.29) is 0 Å². The molecule has 0 saturated carbocycles. The first-order valence-corrected chi connectivity index (χ1v) is 5.25. The molecule has 0 N–H and O–H groups in total. The van der Waals surface area contributed by atoms with Crippen LogP contribution in [0.15, 0.2) is 52.6 Å². The molecule has 0 amide bonds. The van der Waals surface area contributed by atoms with Crippen LogP contribution in [-0.2, 0) is 0 Å². The molecule has 2 aromatic rings. The summed E-state index contributed by atoms with van der Waals surface area (Å²) in [6, 6.07) is 11.6. The fourth-order valence-electron chi connectivity index (χ4n) is 0.963. The molecule has 1 aromatic heterocycles. The van der Waals surface area contributed by atoms with Gasteiger partial charge in [-0.2, -0.15) is 0 Å². The molecular weight excluding hydrogens is 216 g/mol. The van der Waals surface area contributed by atoms with E-state index < -0.39 is 0 Å². The summed E-state index contributed by atoms with van der Waals surface area (Å²) in [6.45, 7) is 0. The Morgan fingerprint density at radius 2 is 1.86 bits per heavy atom. The van der Waals surface area contributed by atoms with E-state index in [2.05, 4.69) is 9.97 Å². The molecule has 1 aromatic carbocycles. The molecular formula is C10H7ClN2S. The molecule has 0 spiro atoms. The second-order valence-electron chi connectivity index (χ2n) is 2.58. The highest BCUT2D eigenvalue weighted by Crippen LogP contribution is 2.24. The number of nitrogens with zero attached hydrogens (tertiary/aromatic N) is 2. The maximum absolute atomic E-state index is 5.75. The predicted octanol–water partition coefficient (Wildman–Crippen LogP) is 3.28. The van der Waals surface area contributed by atoms with Crippen molar-refractivity contribution >= 4 is 23.4 Å². The minimum absolute atomic E-state index is 0.471. The van der Waals surface area contributed by atoms with E-state index in [0.717, 1.165) is 4.90 Å². The van der Waals surface area contributed by atoms with E-state index in [1.807, 2.05) is 30.3 Å². The quantitative estimate of drug-likeness (QED) is 0.576. The van der Waals surface area contributed by atoms with Gasteiger partial charge in [-0.05, 0) is 30.0 Å². The fourth-order valence-corrected chi connectivity index (χ4v) is 1.91. The van der Waals surface area contributed by atoms with Crippen molar-refractivity contribution in [3.8, 4) is 0 Å². The predicted molar refractivity (Wildman–Crippen MR) is 57.6 cm³/mol. The van der Waals surface area contributed by atoms with E-state index in [4.69, 9.17) is 11.6 Å². The SMILES string of the molecule is Clc1ccnc(Sc2ccccc2)n1. The van der Waals surface area contributed by atoms with E-state index in [1.54, 1.807) is 12.3 Å². The van der Waals surface area contributed by atoms with Crippen molar-refractivity contribution in [1.29, 1.82) is 0 Å². The van der Waals surface area contributed by atoms with E-state index in [1.165, 1.54) is 11.8 Å². The topological polar surface area (TPSA) is 25.8 Å². The standard InChI is InChI=1S/C10H7ClN2S/c11-9-6-7-12-10(13-9)14-8-4-2-1-3-5-8/h1-7H. The molecule has 0 radical (unpaired) electrons. The van der Waals surface area contributed by atoms with Crippen LogP contribution in [0.5, 0.6) is 0 Å². The minimum atomic E-state index is 0.471. The molecule has 0 aliphatic rings. The van der Waals surface area contributed by atoms with Crippen molar-refractivity contribution < 1.29 is 0 Å². The summed E-state index contributed by atoms with van der Waals surface area (Å²) in [7, 11) is 0. The third-order valence-corrected chi connectivity index (χ3v) is 2.65. The van der Waals surface area contributed by atoms with Gasteiger partial charge in [-0.1, -0.05) is 29.8 Å². The van der Waals surface area contributed by atoms with Gasteiger partial charge in [0.1, 0.15) is 5.15 Å². The molecule has 4 heteroatoms. The second-order valence-corrected chi connectivity index (χ2v) is 4.00. The molecule has 0 fully saturated rings. The summed E-state index contributed by atoms with van der Waals surface area (Å²) >= 11 is 7.24. The lowest BCUT2D eigenvalue weighted by atomic mass is 10.4. The normalized spacial score (nSPS) is 10.1. The first-order valence-electron chi connectivity index (χ1n) is 4.06. The molecule has 2 nitrogen and oxygen atoms in total. The van der Waals surface area contributed by atoms with E-state index in [0.29, 0.717) is 10.3 Å². The molecule has 0 atom stereocenters. The smallest absolute Gasteiger partial charge is 0.193 e. The summed E-state index contributed by atoms with van der Waals surface area (Å²) in [4.78, 5) is 9.29. The van der Waals surface area contributed by atoms with Gasteiger partial charge >= 0.3 is 0 Å². The van der Waals surface area contributed by atoms with Crippen molar-refractivity contribution in [2.45, 2.75) is 10.1 Å². The van der Waals surface area contributed by atoms with Gasteiger partial charge in [-0.15, -0.1) is 0 Å². The van der Waals surface area contributed by atoms with E-state index >= 15 is 0 Å². The van der Waals surface area contributed by atoms with Crippen LogP contribution in [-0.4, -0.2) is 9.97 Å². The lowest BCUT2D eigenvalue weighted by Gasteiger charge is -1.98. The Bertz CT molecular complexity index is 419. The zero-order chi connectivity index (χ0) is 9.80. The molecule has 0 unspecified atom stereocenters. The van der Waals surface area contributed by atoms with Crippen LogP contribution in [0.4, 0.5) is 0 Å². The van der Waals surface area contributed by atoms with Crippen LogP contribution in [0.25, 0.3) is 0 Å². The molecule has 1 heterocycles. The maximum Gasteiger partial charge on any atom is 0.193 e. The van der Waals surface area contributed by atoms with Crippen LogP contribution in [0.2, 0.25) is 5.15 Å². The largest absolute Gasteiger partial charge is 0.231 e. The first-order chi connectivity index (χ1) is 6.84. The fraction of sp³-hybridized carbons (Fsp3) is 0. The lowest BCUT2D eigenvalue weighted by molar-refractivity contribution is 0.967. The van der Waals surface area contributed by atoms with Crippen molar-refractivity contribution in [3.63, 3.8) is 0 Å². The van der Waals surface area contributed by atoms with Crippen molar-refractivity contribution in [1.82, 2.24) is 9.97 Å². The van der Waals surface area contributed by atoms with Crippen molar-refractivity contribution in [2.75, 3.05) is 0 Å². The number of rotatable bonds is 2. The van der Waals surface area contributed by atoms with Crippen LogP contribution in [0.1, 0.15) is 0 Å². The van der Waals surface area contributed by atoms with E-state index in [9.17, 15) is 0 Å². The van der Waals surface area contributed by atoms with Crippen LogP contribution in [0, 0.1) is 0 Å². The van der Waals surface area contributed by atoms with Crippen molar-refractivity contribution in [3.05, 3.63) is 47.7 Å². The van der Waals surface area contributed by atoms with Gasteiger partial charge in [-0.3, -0.25) is 0 Å². The third-order valence-electron chi connectivity index (χ3n) is 1.55. The van der Waals surface area contributed by atoms with Crippen LogP contribution >= 0.6 is 23.4 Å². The number of aromatic nitrogens is 2. The Kier molecular flexibility index (Phi) is 3.01. The Morgan fingerprint density at radius 1 is 1.07 bits per heavy atom. The third kappa shape index (κ3) is 2.47. The lowest BCUT2D eigenvalue weighted by Crippen LogP contribution is -1.84. The zero-order valence-electron chi connectivity index (χ0n) is 7.22. The average Bonchev–Trinajstić information content (AvgIpc) is 2.19. The monoisotopic (exact) mass is 222 g/mol. The average molecular weight is 223 g/mol. The highest BCUT2D eigenvalue weighted by Gasteiger charge is 1.99. The van der Waals surface area contributed by atoms with Gasteiger partial charge in [0, 0.05) is 11.1 Å². The zero-order valence-corrected chi connectivity index (χ0v) is 8.79. The highest BCUT2D eigenvalue weighted by atomic mass is 35.5. The van der Waals surface area contributed by atoms with Gasteiger partial charge in [-0.25, -0.2) is 9.97 Å². The molecule has 0 aliphatic heterocycles. The summed E-state index contributed by atoms with van der Waals surface area (Å²) in [6.07, 6.45) is 1.65. The maximum atomic E-state index is 5.75. The molecule has 14 heavy (non-hydrogen) atoms. The number of hydrogen-bond donors (Lipinski definition) is 0. The minimum Gasteiger partial charge on any atom is -0.231 e. The van der Waals surface area contributed by atoms with Gasteiger partial charge in [0.15, 0.2) is 5.16 Å².